The summed E-state index contributed by atoms with van der Waals surface area (Å²) < 4.78 is 24.1. The lowest BCUT2D eigenvalue weighted by Gasteiger charge is -2.04. The average Bonchev–Trinajstić information content (AvgIpc) is 2.45. The molecule has 0 spiro atoms. The van der Waals surface area contributed by atoms with Crippen LogP contribution in [0, 0.1) is 6.92 Å². The molecular weight excluding hydrogens is 220 g/mol. The van der Waals surface area contributed by atoms with Gasteiger partial charge in [-0.2, -0.15) is 0 Å². The summed E-state index contributed by atoms with van der Waals surface area (Å²) in [6, 6.07) is 0. The van der Waals surface area contributed by atoms with Crippen LogP contribution >= 0.6 is 0 Å². The molecule has 1 rings (SSSR count). The van der Waals surface area contributed by atoms with Crippen molar-refractivity contribution >= 4 is 15.8 Å². The first-order chi connectivity index (χ1) is 6.91. The maximum Gasteiger partial charge on any atom is 0.318 e. The number of rotatable bonds is 5. The molecule has 0 unspecified atom stereocenters. The highest BCUT2D eigenvalue weighted by molar-refractivity contribution is 7.92. The summed E-state index contributed by atoms with van der Waals surface area (Å²) >= 11 is 0. The molecule has 0 aliphatic rings. The molecule has 84 valence electrons. The molecule has 7 heteroatoms. The largest absolute Gasteiger partial charge is 0.480 e. The van der Waals surface area contributed by atoms with Crippen molar-refractivity contribution in [2.75, 3.05) is 11.5 Å². The normalized spacial score (nSPS) is 11.5. The van der Waals surface area contributed by atoms with Gasteiger partial charge in [0.05, 0.1) is 5.75 Å². The fourth-order valence-corrected chi connectivity index (χ4v) is 2.13. The highest BCUT2D eigenvalue weighted by Gasteiger charge is 2.15. The van der Waals surface area contributed by atoms with Crippen molar-refractivity contribution in [1.29, 1.82) is 0 Å². The molecule has 0 aliphatic carbocycles. The van der Waals surface area contributed by atoms with E-state index in [1.165, 1.54) is 0 Å². The molecule has 0 bridgehead atoms. The van der Waals surface area contributed by atoms with Gasteiger partial charge in [0.15, 0.2) is 9.84 Å². The van der Waals surface area contributed by atoms with Crippen molar-refractivity contribution < 1.29 is 18.3 Å². The van der Waals surface area contributed by atoms with E-state index in [2.05, 4.69) is 4.98 Å². The van der Waals surface area contributed by atoms with Gasteiger partial charge in [0.25, 0.3) is 0 Å². The van der Waals surface area contributed by atoms with Crippen LogP contribution in [0.1, 0.15) is 5.82 Å². The minimum Gasteiger partial charge on any atom is -0.480 e. The van der Waals surface area contributed by atoms with E-state index in [0.717, 1.165) is 0 Å². The third-order valence-electron chi connectivity index (χ3n) is 1.91. The van der Waals surface area contributed by atoms with Crippen molar-refractivity contribution in [2.24, 2.45) is 0 Å². The zero-order chi connectivity index (χ0) is 11.5. The van der Waals surface area contributed by atoms with Gasteiger partial charge in [0, 0.05) is 18.9 Å². The minimum absolute atomic E-state index is 0.184. The third-order valence-corrected chi connectivity index (χ3v) is 3.40. The zero-order valence-corrected chi connectivity index (χ0v) is 9.07. The summed E-state index contributed by atoms with van der Waals surface area (Å²) in [7, 11) is -3.52. The second kappa shape index (κ2) is 4.43. The van der Waals surface area contributed by atoms with Crippen LogP contribution in [-0.2, 0) is 21.2 Å². The van der Waals surface area contributed by atoms with E-state index >= 15 is 0 Å². The van der Waals surface area contributed by atoms with E-state index in [0.29, 0.717) is 5.82 Å². The summed E-state index contributed by atoms with van der Waals surface area (Å²) in [6.07, 6.45) is 3.23. The van der Waals surface area contributed by atoms with E-state index in [1.54, 1.807) is 23.9 Å². The third kappa shape index (κ3) is 3.70. The highest BCUT2D eigenvalue weighted by Crippen LogP contribution is 1.98. The van der Waals surface area contributed by atoms with Gasteiger partial charge < -0.3 is 9.67 Å². The second-order valence-electron chi connectivity index (χ2n) is 3.15. The van der Waals surface area contributed by atoms with Crippen molar-refractivity contribution in [2.45, 2.75) is 13.5 Å². The molecule has 0 aliphatic heterocycles. The van der Waals surface area contributed by atoms with E-state index in [-0.39, 0.29) is 12.3 Å². The van der Waals surface area contributed by atoms with Gasteiger partial charge in [-0.05, 0) is 6.92 Å². The predicted octanol–water partition coefficient (Wildman–Crippen LogP) is -0.309. The minimum atomic E-state index is -3.52. The molecule has 1 heterocycles. The average molecular weight is 232 g/mol. The number of carbonyl (C=O) groups is 1. The summed E-state index contributed by atoms with van der Waals surface area (Å²) in [5.74, 6) is -1.62. The topological polar surface area (TPSA) is 89.3 Å². The maximum atomic E-state index is 11.2. The molecule has 1 aromatic heterocycles. The Morgan fingerprint density at radius 1 is 1.60 bits per heavy atom. The van der Waals surface area contributed by atoms with Gasteiger partial charge >= 0.3 is 5.97 Å². The fraction of sp³-hybridized carbons (Fsp3) is 0.500. The fourth-order valence-electron chi connectivity index (χ4n) is 1.14. The number of carboxylic acid groups (broad SMARTS) is 1. The van der Waals surface area contributed by atoms with E-state index in [1.807, 2.05) is 0 Å². The molecule has 0 fully saturated rings. The molecule has 6 nitrogen and oxygen atoms in total. The van der Waals surface area contributed by atoms with Crippen molar-refractivity contribution in [3.63, 3.8) is 0 Å². The van der Waals surface area contributed by atoms with Crippen LogP contribution in [0.3, 0.4) is 0 Å². The lowest BCUT2D eigenvalue weighted by molar-refractivity contribution is -0.134. The number of hydrogen-bond donors (Lipinski definition) is 1. The van der Waals surface area contributed by atoms with Crippen molar-refractivity contribution in [3.05, 3.63) is 18.2 Å². The Bertz CT molecular complexity index is 449. The van der Waals surface area contributed by atoms with Crippen LogP contribution in [0.4, 0.5) is 0 Å². The Balaban J connectivity index is 2.58. The number of carboxylic acids is 1. The zero-order valence-electron chi connectivity index (χ0n) is 8.25. The smallest absolute Gasteiger partial charge is 0.318 e. The lowest BCUT2D eigenvalue weighted by atomic mass is 10.6. The lowest BCUT2D eigenvalue weighted by Crippen LogP contribution is -2.21. The van der Waals surface area contributed by atoms with E-state index in [4.69, 9.17) is 5.11 Å². The van der Waals surface area contributed by atoms with Gasteiger partial charge in [-0.1, -0.05) is 0 Å². The summed E-state index contributed by atoms with van der Waals surface area (Å²) in [4.78, 5) is 14.2. The molecule has 1 N–H and O–H groups in total. The number of sulfone groups is 1. The van der Waals surface area contributed by atoms with E-state index in [9.17, 15) is 13.2 Å². The Morgan fingerprint density at radius 2 is 2.27 bits per heavy atom. The van der Waals surface area contributed by atoms with Crippen molar-refractivity contribution in [1.82, 2.24) is 9.55 Å². The number of nitrogens with zero attached hydrogens (tertiary/aromatic N) is 2. The first-order valence-corrected chi connectivity index (χ1v) is 6.13. The highest BCUT2D eigenvalue weighted by atomic mass is 32.2. The SMILES string of the molecule is Cc1nccn1CCS(=O)(=O)CC(=O)O. The van der Waals surface area contributed by atoms with Crippen LogP contribution in [0.15, 0.2) is 12.4 Å². The Hall–Kier alpha value is -1.37. The molecule has 0 radical (unpaired) electrons. The van der Waals surface area contributed by atoms with Gasteiger partial charge in [-0.3, -0.25) is 4.79 Å². The molecule has 0 saturated heterocycles. The van der Waals surface area contributed by atoms with Crippen LogP contribution in [0.25, 0.3) is 0 Å². The standard InChI is InChI=1S/C8H12N2O4S/c1-7-9-2-3-10(7)4-5-15(13,14)6-8(11)12/h2-3H,4-6H2,1H3,(H,11,12). The summed E-state index contributed by atoms with van der Waals surface area (Å²) in [5.41, 5.74) is 0. The molecule has 0 aromatic carbocycles. The number of hydrogen-bond acceptors (Lipinski definition) is 4. The number of aromatic nitrogens is 2. The monoisotopic (exact) mass is 232 g/mol. The number of aliphatic carboxylic acids is 1. The van der Waals surface area contributed by atoms with Crippen LogP contribution in [-0.4, -0.2) is 40.6 Å². The van der Waals surface area contributed by atoms with Crippen LogP contribution < -0.4 is 0 Å². The molecule has 1 aromatic rings. The quantitative estimate of drug-likeness (QED) is 0.752. The van der Waals surface area contributed by atoms with Gasteiger partial charge in [0.2, 0.25) is 0 Å². The Morgan fingerprint density at radius 3 is 2.73 bits per heavy atom. The van der Waals surface area contributed by atoms with Gasteiger partial charge in [0.1, 0.15) is 11.6 Å². The van der Waals surface area contributed by atoms with Crippen LogP contribution in [0.2, 0.25) is 0 Å². The Labute approximate surface area is 87.5 Å². The Kier molecular flexibility index (Phi) is 3.46. The predicted molar refractivity (Wildman–Crippen MR) is 53.3 cm³/mol. The van der Waals surface area contributed by atoms with Gasteiger partial charge in [-0.15, -0.1) is 0 Å². The number of imidazole rings is 1. The first kappa shape index (κ1) is 11.7. The first-order valence-electron chi connectivity index (χ1n) is 4.31. The summed E-state index contributed by atoms with van der Waals surface area (Å²) in [5, 5.41) is 8.36. The van der Waals surface area contributed by atoms with Gasteiger partial charge in [-0.25, -0.2) is 13.4 Å². The van der Waals surface area contributed by atoms with Crippen molar-refractivity contribution in [3.8, 4) is 0 Å². The molecule has 15 heavy (non-hydrogen) atoms. The maximum absolute atomic E-state index is 11.2. The number of aryl methyl sites for hydroxylation is 2. The van der Waals surface area contributed by atoms with E-state index < -0.39 is 21.6 Å². The summed E-state index contributed by atoms with van der Waals surface area (Å²) in [6.45, 7) is 1.99. The molecule has 0 saturated carbocycles. The molecule has 0 atom stereocenters. The van der Waals surface area contributed by atoms with Crippen LogP contribution in [0.5, 0.6) is 0 Å². The molecule has 0 amide bonds. The second-order valence-corrected chi connectivity index (χ2v) is 5.34. The molecular formula is C8H12N2O4S.